The van der Waals surface area contributed by atoms with Gasteiger partial charge in [0.1, 0.15) is 0 Å². The molecule has 1 N–H and O–H groups in total. The Morgan fingerprint density at radius 1 is 1.67 bits per heavy atom. The van der Waals surface area contributed by atoms with E-state index in [4.69, 9.17) is 0 Å². The van der Waals surface area contributed by atoms with E-state index in [1.54, 1.807) is 4.68 Å². The highest BCUT2D eigenvalue weighted by atomic mass is 16.3. The molecule has 0 spiro atoms. The Hall–Kier alpha value is -0.830. The van der Waals surface area contributed by atoms with E-state index in [1.807, 2.05) is 19.3 Å². The zero-order chi connectivity index (χ0) is 8.55. The molecule has 0 saturated heterocycles. The number of rotatable bonds is 2. The van der Waals surface area contributed by atoms with Crippen molar-refractivity contribution in [2.45, 2.75) is 25.4 Å². The van der Waals surface area contributed by atoms with E-state index in [0.717, 1.165) is 25.0 Å². The number of aliphatic hydroxyl groups is 1. The zero-order valence-corrected chi connectivity index (χ0v) is 7.27. The molecule has 2 atom stereocenters. The van der Waals surface area contributed by atoms with Crippen molar-refractivity contribution in [3.05, 3.63) is 18.0 Å². The van der Waals surface area contributed by atoms with Crippen LogP contribution >= 0.6 is 0 Å². The average Bonchev–Trinajstić information content (AvgIpc) is 2.44. The molecule has 2 rings (SSSR count). The molecule has 0 radical (unpaired) electrons. The fourth-order valence-electron chi connectivity index (χ4n) is 1.63. The van der Waals surface area contributed by atoms with Crippen LogP contribution in [0.25, 0.3) is 0 Å². The molecule has 1 aromatic heterocycles. The summed E-state index contributed by atoms with van der Waals surface area (Å²) in [7, 11) is 1.92. The van der Waals surface area contributed by atoms with Gasteiger partial charge in [-0.05, 0) is 31.2 Å². The van der Waals surface area contributed by atoms with Gasteiger partial charge in [-0.15, -0.1) is 0 Å². The Balaban J connectivity index is 1.95. The second kappa shape index (κ2) is 2.90. The summed E-state index contributed by atoms with van der Waals surface area (Å²) in [4.78, 5) is 0. The van der Waals surface area contributed by atoms with Gasteiger partial charge in [-0.2, -0.15) is 5.10 Å². The van der Waals surface area contributed by atoms with E-state index in [9.17, 15) is 5.11 Å². The van der Waals surface area contributed by atoms with E-state index < -0.39 is 0 Å². The zero-order valence-electron chi connectivity index (χ0n) is 7.27. The smallest absolute Gasteiger partial charge is 0.0628 e. The number of hydrogen-bond donors (Lipinski definition) is 1. The highest BCUT2D eigenvalue weighted by Gasteiger charge is 2.29. The van der Waals surface area contributed by atoms with Gasteiger partial charge in [-0.1, -0.05) is 0 Å². The molecule has 3 nitrogen and oxygen atoms in total. The van der Waals surface area contributed by atoms with Crippen LogP contribution in [0.1, 0.15) is 18.5 Å². The predicted molar refractivity (Wildman–Crippen MR) is 45.6 cm³/mol. The maximum absolute atomic E-state index is 9.34. The van der Waals surface area contributed by atoms with Gasteiger partial charge in [0.25, 0.3) is 0 Å². The Kier molecular flexibility index (Phi) is 1.89. The third-order valence-corrected chi connectivity index (χ3v) is 2.62. The molecule has 2 unspecified atom stereocenters. The lowest BCUT2D eigenvalue weighted by molar-refractivity contribution is 0.0238. The van der Waals surface area contributed by atoms with Crippen LogP contribution in [-0.2, 0) is 13.5 Å². The summed E-state index contributed by atoms with van der Waals surface area (Å²) < 4.78 is 1.81. The number of aryl methyl sites for hydroxylation is 1. The van der Waals surface area contributed by atoms with Crippen LogP contribution in [0.15, 0.2) is 12.3 Å². The van der Waals surface area contributed by atoms with Crippen molar-refractivity contribution in [1.82, 2.24) is 9.78 Å². The van der Waals surface area contributed by atoms with Crippen molar-refractivity contribution >= 4 is 0 Å². The maximum atomic E-state index is 9.34. The summed E-state index contributed by atoms with van der Waals surface area (Å²) in [6, 6.07) is 2.02. The highest BCUT2D eigenvalue weighted by Crippen LogP contribution is 2.29. The van der Waals surface area contributed by atoms with Gasteiger partial charge in [-0.25, -0.2) is 0 Å². The molecule has 66 valence electrons. The van der Waals surface area contributed by atoms with Gasteiger partial charge >= 0.3 is 0 Å². The summed E-state index contributed by atoms with van der Waals surface area (Å²) in [5, 5.41) is 13.6. The van der Waals surface area contributed by atoms with Crippen LogP contribution in [0.3, 0.4) is 0 Å². The molecule has 12 heavy (non-hydrogen) atoms. The van der Waals surface area contributed by atoms with Gasteiger partial charge in [0.15, 0.2) is 0 Å². The highest BCUT2D eigenvalue weighted by molar-refractivity contribution is 5.02. The van der Waals surface area contributed by atoms with Crippen molar-refractivity contribution in [2.75, 3.05) is 0 Å². The monoisotopic (exact) mass is 166 g/mol. The van der Waals surface area contributed by atoms with Crippen LogP contribution in [0, 0.1) is 5.92 Å². The SMILES string of the molecule is Cn1ccc(CC2CCC2O)n1. The summed E-state index contributed by atoms with van der Waals surface area (Å²) in [5.41, 5.74) is 1.10. The minimum Gasteiger partial charge on any atom is -0.393 e. The normalized spacial score (nSPS) is 28.5. The Morgan fingerprint density at radius 2 is 2.50 bits per heavy atom. The fraction of sp³-hybridized carbons (Fsp3) is 0.667. The third-order valence-electron chi connectivity index (χ3n) is 2.62. The molecular weight excluding hydrogens is 152 g/mol. The van der Waals surface area contributed by atoms with Crippen molar-refractivity contribution < 1.29 is 5.11 Å². The predicted octanol–water partition coefficient (Wildman–Crippen LogP) is 0.733. The number of hydrogen-bond acceptors (Lipinski definition) is 2. The van der Waals surface area contributed by atoms with E-state index in [2.05, 4.69) is 5.10 Å². The number of aliphatic hydroxyl groups excluding tert-OH is 1. The van der Waals surface area contributed by atoms with Crippen LogP contribution in [-0.4, -0.2) is 21.0 Å². The molecule has 0 aliphatic heterocycles. The lowest BCUT2D eigenvalue weighted by Gasteiger charge is -2.31. The van der Waals surface area contributed by atoms with Gasteiger partial charge < -0.3 is 5.11 Å². The number of nitrogens with zero attached hydrogens (tertiary/aromatic N) is 2. The molecule has 0 bridgehead atoms. The topological polar surface area (TPSA) is 38.0 Å². The van der Waals surface area contributed by atoms with Gasteiger partial charge in [0.2, 0.25) is 0 Å². The van der Waals surface area contributed by atoms with Crippen molar-refractivity contribution in [3.8, 4) is 0 Å². The number of aromatic nitrogens is 2. The van der Waals surface area contributed by atoms with Crippen LogP contribution in [0.5, 0.6) is 0 Å². The third kappa shape index (κ3) is 1.37. The fourth-order valence-corrected chi connectivity index (χ4v) is 1.63. The molecule has 1 aromatic rings. The molecule has 1 aliphatic carbocycles. The lowest BCUT2D eigenvalue weighted by Crippen LogP contribution is -2.32. The van der Waals surface area contributed by atoms with Crippen LogP contribution in [0.2, 0.25) is 0 Å². The van der Waals surface area contributed by atoms with Gasteiger partial charge in [-0.3, -0.25) is 4.68 Å². The summed E-state index contributed by atoms with van der Waals surface area (Å²) >= 11 is 0. The average molecular weight is 166 g/mol. The van der Waals surface area contributed by atoms with Crippen molar-refractivity contribution in [2.24, 2.45) is 13.0 Å². The van der Waals surface area contributed by atoms with Crippen LogP contribution in [0.4, 0.5) is 0 Å². The largest absolute Gasteiger partial charge is 0.393 e. The molecule has 3 heteroatoms. The summed E-state index contributed by atoms with van der Waals surface area (Å²) in [6.07, 6.45) is 4.92. The van der Waals surface area contributed by atoms with E-state index in [0.29, 0.717) is 5.92 Å². The Morgan fingerprint density at radius 3 is 2.92 bits per heavy atom. The first-order valence-corrected chi connectivity index (χ1v) is 4.42. The van der Waals surface area contributed by atoms with Gasteiger partial charge in [0.05, 0.1) is 11.8 Å². The standard InChI is InChI=1S/C9H14N2O/c1-11-5-4-8(10-11)6-7-2-3-9(7)12/h4-5,7,9,12H,2-3,6H2,1H3. The van der Waals surface area contributed by atoms with Gasteiger partial charge in [0, 0.05) is 13.2 Å². The van der Waals surface area contributed by atoms with Crippen molar-refractivity contribution in [3.63, 3.8) is 0 Å². The molecule has 1 aliphatic rings. The first-order chi connectivity index (χ1) is 5.75. The lowest BCUT2D eigenvalue weighted by atomic mass is 9.79. The molecule has 1 fully saturated rings. The van der Waals surface area contributed by atoms with E-state index in [-0.39, 0.29) is 6.10 Å². The van der Waals surface area contributed by atoms with Crippen LogP contribution < -0.4 is 0 Å². The molecule has 1 saturated carbocycles. The molecule has 0 aromatic carbocycles. The second-order valence-electron chi connectivity index (χ2n) is 3.59. The minimum atomic E-state index is -0.0768. The first kappa shape index (κ1) is 7.80. The van der Waals surface area contributed by atoms with Crippen molar-refractivity contribution in [1.29, 1.82) is 0 Å². The van der Waals surface area contributed by atoms with E-state index >= 15 is 0 Å². The quantitative estimate of drug-likeness (QED) is 0.703. The minimum absolute atomic E-state index is 0.0768. The van der Waals surface area contributed by atoms with E-state index in [1.165, 1.54) is 0 Å². The molecule has 1 heterocycles. The Labute approximate surface area is 72.0 Å². The first-order valence-electron chi connectivity index (χ1n) is 4.42. The molecular formula is C9H14N2O. The second-order valence-corrected chi connectivity index (χ2v) is 3.59. The molecule has 0 amide bonds. The summed E-state index contributed by atoms with van der Waals surface area (Å²) in [6.45, 7) is 0. The maximum Gasteiger partial charge on any atom is 0.0628 e. The summed E-state index contributed by atoms with van der Waals surface area (Å²) in [5.74, 6) is 0.458. The Bertz CT molecular complexity index is 269.